The van der Waals surface area contributed by atoms with Crippen LogP contribution in [0.2, 0.25) is 0 Å². The maximum atomic E-state index is 12.2. The second-order valence-electron chi connectivity index (χ2n) is 6.50. The second-order valence-corrected chi connectivity index (χ2v) is 7.39. The Labute approximate surface area is 156 Å². The van der Waals surface area contributed by atoms with Gasteiger partial charge in [-0.2, -0.15) is 5.26 Å². The number of carbonyl (C=O) groups excluding carboxylic acids is 2. The molecule has 0 radical (unpaired) electrons. The lowest BCUT2D eigenvalue weighted by Gasteiger charge is -2.16. The van der Waals surface area contributed by atoms with E-state index in [0.29, 0.717) is 5.01 Å². The predicted molar refractivity (Wildman–Crippen MR) is 98.0 cm³/mol. The third-order valence-corrected chi connectivity index (χ3v) is 5.50. The van der Waals surface area contributed by atoms with Crippen molar-refractivity contribution >= 4 is 23.1 Å². The topological polar surface area (TPSA) is 80.0 Å². The van der Waals surface area contributed by atoms with Crippen LogP contribution in [0.25, 0.3) is 0 Å². The summed E-state index contributed by atoms with van der Waals surface area (Å²) >= 11 is 1.27. The smallest absolute Gasteiger partial charge is 0.310 e. The molecule has 6 heteroatoms. The van der Waals surface area contributed by atoms with Gasteiger partial charge in [0.05, 0.1) is 12.5 Å². The van der Waals surface area contributed by atoms with Crippen molar-refractivity contribution in [3.05, 3.63) is 51.0 Å². The van der Waals surface area contributed by atoms with Gasteiger partial charge < -0.3 is 4.74 Å². The minimum Gasteiger partial charge on any atom is -0.457 e. The van der Waals surface area contributed by atoms with E-state index < -0.39 is 24.3 Å². The number of hydrogen-bond acceptors (Lipinski definition) is 6. The first kappa shape index (κ1) is 18.3. The highest BCUT2D eigenvalue weighted by Gasteiger charge is 2.24. The maximum Gasteiger partial charge on any atom is 0.310 e. The zero-order valence-corrected chi connectivity index (χ0v) is 15.5. The van der Waals surface area contributed by atoms with Gasteiger partial charge in [0, 0.05) is 11.1 Å². The first-order chi connectivity index (χ1) is 12.6. The number of esters is 1. The van der Waals surface area contributed by atoms with Gasteiger partial charge >= 0.3 is 5.97 Å². The molecule has 0 saturated heterocycles. The number of rotatable bonds is 6. The summed E-state index contributed by atoms with van der Waals surface area (Å²) in [7, 11) is 0. The number of thiazole rings is 1. The summed E-state index contributed by atoms with van der Waals surface area (Å²) < 4.78 is 5.10. The summed E-state index contributed by atoms with van der Waals surface area (Å²) in [5.74, 6) is -1.88. The van der Waals surface area contributed by atoms with Crippen LogP contribution < -0.4 is 0 Å². The number of ketones is 1. The molecule has 5 nitrogen and oxygen atoms in total. The zero-order chi connectivity index (χ0) is 18.5. The molecular formula is C20H20N2O3S. The summed E-state index contributed by atoms with van der Waals surface area (Å²) in [6.07, 6.45) is 4.68. The first-order valence-corrected chi connectivity index (χ1v) is 9.55. The van der Waals surface area contributed by atoms with Crippen molar-refractivity contribution in [1.82, 2.24) is 4.98 Å². The predicted octanol–water partition coefficient (Wildman–Crippen LogP) is 3.29. The van der Waals surface area contributed by atoms with Crippen molar-refractivity contribution in [3.8, 4) is 6.07 Å². The minimum atomic E-state index is -0.981. The molecule has 2 aromatic rings. The fourth-order valence-corrected chi connectivity index (χ4v) is 3.98. The van der Waals surface area contributed by atoms with Gasteiger partial charge in [0.2, 0.25) is 0 Å². The van der Waals surface area contributed by atoms with E-state index in [1.165, 1.54) is 35.3 Å². The molecule has 1 aromatic carbocycles. The van der Waals surface area contributed by atoms with Crippen LogP contribution in [0.15, 0.2) is 23.6 Å². The van der Waals surface area contributed by atoms with Crippen LogP contribution in [-0.2, 0) is 33.6 Å². The van der Waals surface area contributed by atoms with E-state index >= 15 is 0 Å². The van der Waals surface area contributed by atoms with Gasteiger partial charge in [0.25, 0.3) is 0 Å². The summed E-state index contributed by atoms with van der Waals surface area (Å²) in [4.78, 5) is 28.4. The van der Waals surface area contributed by atoms with Crippen molar-refractivity contribution in [3.63, 3.8) is 0 Å². The number of carbonyl (C=O) groups is 2. The van der Waals surface area contributed by atoms with E-state index in [1.54, 1.807) is 12.3 Å². The summed E-state index contributed by atoms with van der Waals surface area (Å²) in [6, 6.07) is 8.04. The normalized spacial score (nSPS) is 14.2. The molecule has 0 aliphatic heterocycles. The van der Waals surface area contributed by atoms with Gasteiger partial charge in [-0.3, -0.25) is 9.59 Å². The van der Waals surface area contributed by atoms with Crippen molar-refractivity contribution in [2.75, 3.05) is 6.61 Å². The van der Waals surface area contributed by atoms with Crippen molar-refractivity contribution in [2.24, 2.45) is 0 Å². The number of Topliss-reactive ketones (excluding diaryl/α,β-unsaturated/α-hetero) is 1. The summed E-state index contributed by atoms with van der Waals surface area (Å²) in [6.45, 7) is 1.40. The van der Waals surface area contributed by atoms with E-state index in [4.69, 9.17) is 4.74 Å². The molecule has 0 amide bonds. The lowest BCUT2D eigenvalue weighted by Crippen LogP contribution is -2.20. The highest BCUT2D eigenvalue weighted by Crippen LogP contribution is 2.23. The summed E-state index contributed by atoms with van der Waals surface area (Å²) in [5.41, 5.74) is 4.33. The van der Waals surface area contributed by atoms with Crippen molar-refractivity contribution in [1.29, 1.82) is 5.26 Å². The molecule has 0 N–H and O–H groups in total. The Hall–Kier alpha value is -2.52. The quantitative estimate of drug-likeness (QED) is 0.731. The number of benzene rings is 1. The van der Waals surface area contributed by atoms with E-state index in [-0.39, 0.29) is 6.42 Å². The molecule has 0 fully saturated rings. The third kappa shape index (κ3) is 4.36. The molecule has 1 atom stereocenters. The number of aryl methyl sites for hydroxylation is 3. The number of hydrogen-bond donors (Lipinski definition) is 0. The Morgan fingerprint density at radius 1 is 1.31 bits per heavy atom. The van der Waals surface area contributed by atoms with Crippen LogP contribution >= 0.6 is 11.3 Å². The molecular weight excluding hydrogens is 348 g/mol. The van der Waals surface area contributed by atoms with Gasteiger partial charge in [0.1, 0.15) is 5.01 Å². The SMILES string of the molecule is Cc1csc([C@H](C#N)C(=O)COC(=O)Cc2ccc3c(c2)CCCC3)n1. The molecule has 1 heterocycles. The maximum absolute atomic E-state index is 12.2. The Morgan fingerprint density at radius 3 is 2.77 bits per heavy atom. The van der Waals surface area contributed by atoms with Gasteiger partial charge in [-0.15, -0.1) is 11.3 Å². The average Bonchev–Trinajstić information content (AvgIpc) is 3.06. The Balaban J connectivity index is 1.55. The van der Waals surface area contributed by atoms with Crippen molar-refractivity contribution < 1.29 is 14.3 Å². The Morgan fingerprint density at radius 2 is 2.08 bits per heavy atom. The Bertz CT molecular complexity index is 866. The largest absolute Gasteiger partial charge is 0.457 e. The highest BCUT2D eigenvalue weighted by molar-refractivity contribution is 7.09. The van der Waals surface area contributed by atoms with E-state index in [1.807, 2.05) is 12.1 Å². The molecule has 0 unspecified atom stereocenters. The molecule has 3 rings (SSSR count). The molecule has 0 spiro atoms. The van der Waals surface area contributed by atoms with Gasteiger partial charge in [-0.1, -0.05) is 18.2 Å². The lowest BCUT2D eigenvalue weighted by molar-refractivity contribution is -0.147. The van der Waals surface area contributed by atoms with Crippen LogP contribution in [0.4, 0.5) is 0 Å². The van der Waals surface area contributed by atoms with E-state index in [9.17, 15) is 14.9 Å². The standard InChI is InChI=1S/C20H20N2O3S/c1-13-12-26-20(22-13)17(10-21)18(23)11-25-19(24)9-14-6-7-15-4-2-3-5-16(15)8-14/h6-8,12,17H,2-5,9,11H2,1H3/t17-/m1/s1. The number of aromatic nitrogens is 1. The van der Waals surface area contributed by atoms with Gasteiger partial charge in [-0.25, -0.2) is 4.98 Å². The van der Waals surface area contributed by atoms with E-state index in [0.717, 1.165) is 24.1 Å². The first-order valence-electron chi connectivity index (χ1n) is 8.67. The highest BCUT2D eigenvalue weighted by atomic mass is 32.1. The summed E-state index contributed by atoms with van der Waals surface area (Å²) in [5, 5.41) is 11.5. The Kier molecular flexibility index (Phi) is 5.79. The zero-order valence-electron chi connectivity index (χ0n) is 14.7. The number of ether oxygens (including phenoxy) is 1. The van der Waals surface area contributed by atoms with E-state index in [2.05, 4.69) is 17.1 Å². The number of fused-ring (bicyclic) bond motifs is 1. The fourth-order valence-electron chi connectivity index (χ4n) is 3.12. The van der Waals surface area contributed by atoms with Gasteiger partial charge in [0.15, 0.2) is 18.3 Å². The molecule has 0 bridgehead atoms. The monoisotopic (exact) mass is 368 g/mol. The van der Waals surface area contributed by atoms with Crippen molar-refractivity contribution in [2.45, 2.75) is 44.9 Å². The second kappa shape index (κ2) is 8.24. The number of nitrogens with zero attached hydrogens (tertiary/aromatic N) is 2. The molecule has 26 heavy (non-hydrogen) atoms. The van der Waals surface area contributed by atoms with Crippen LogP contribution in [0, 0.1) is 18.3 Å². The van der Waals surface area contributed by atoms with Crippen LogP contribution in [-0.4, -0.2) is 23.3 Å². The molecule has 1 aliphatic carbocycles. The molecule has 0 saturated carbocycles. The average molecular weight is 368 g/mol. The third-order valence-electron chi connectivity index (χ3n) is 4.47. The number of nitriles is 1. The van der Waals surface area contributed by atoms with Gasteiger partial charge in [-0.05, 0) is 49.3 Å². The van der Waals surface area contributed by atoms with Crippen LogP contribution in [0.5, 0.6) is 0 Å². The van der Waals surface area contributed by atoms with Crippen LogP contribution in [0.3, 0.4) is 0 Å². The fraction of sp³-hybridized carbons (Fsp3) is 0.400. The molecule has 1 aromatic heterocycles. The van der Waals surface area contributed by atoms with Crippen LogP contribution in [0.1, 0.15) is 46.2 Å². The minimum absolute atomic E-state index is 0.133. The molecule has 134 valence electrons. The lowest BCUT2D eigenvalue weighted by atomic mass is 9.90. The molecule has 1 aliphatic rings.